The van der Waals surface area contributed by atoms with Crippen molar-refractivity contribution in [2.45, 2.75) is 18.8 Å². The van der Waals surface area contributed by atoms with Crippen LogP contribution in [0, 0.1) is 3.57 Å². The van der Waals surface area contributed by atoms with Gasteiger partial charge < -0.3 is 10.5 Å². The molecule has 1 saturated carbocycles. The summed E-state index contributed by atoms with van der Waals surface area (Å²) in [5.41, 5.74) is 7.91. The van der Waals surface area contributed by atoms with Gasteiger partial charge in [-0.05, 0) is 53.6 Å². The first-order valence-corrected chi connectivity index (χ1v) is 7.72. The molecule has 1 aliphatic rings. The number of aromatic nitrogens is 2. The molecule has 4 nitrogen and oxygen atoms in total. The minimum atomic E-state index is 0.527. The topological polar surface area (TPSA) is 61.0 Å². The molecule has 20 heavy (non-hydrogen) atoms. The van der Waals surface area contributed by atoms with Crippen LogP contribution in [0.4, 0.5) is 5.82 Å². The van der Waals surface area contributed by atoms with E-state index in [1.54, 1.807) is 13.2 Å². The number of hydrogen-bond donors (Lipinski definition) is 1. The molecule has 0 spiro atoms. The molecule has 0 aliphatic heterocycles. The molecule has 1 aromatic heterocycles. The van der Waals surface area contributed by atoms with Crippen LogP contribution in [-0.2, 0) is 0 Å². The molecular weight excluding hydrogens is 389 g/mol. The van der Waals surface area contributed by atoms with Gasteiger partial charge in [-0.1, -0.05) is 11.6 Å². The van der Waals surface area contributed by atoms with Crippen LogP contribution in [-0.4, -0.2) is 17.1 Å². The Morgan fingerprint density at radius 2 is 2.10 bits per heavy atom. The summed E-state index contributed by atoms with van der Waals surface area (Å²) in [6, 6.07) is 5.51. The van der Waals surface area contributed by atoms with Crippen LogP contribution in [0.1, 0.15) is 24.5 Å². The second kappa shape index (κ2) is 5.37. The molecule has 6 heteroatoms. The highest BCUT2D eigenvalue weighted by Gasteiger charge is 2.29. The van der Waals surface area contributed by atoms with Gasteiger partial charge in [0, 0.05) is 11.5 Å². The fourth-order valence-corrected chi connectivity index (χ4v) is 2.98. The zero-order valence-electron chi connectivity index (χ0n) is 10.9. The number of ether oxygens (including phenoxy) is 1. The predicted molar refractivity (Wildman–Crippen MR) is 88.1 cm³/mol. The van der Waals surface area contributed by atoms with Crippen molar-refractivity contribution in [1.29, 1.82) is 0 Å². The first-order valence-electron chi connectivity index (χ1n) is 6.27. The van der Waals surface area contributed by atoms with Crippen molar-refractivity contribution in [3.05, 3.63) is 32.5 Å². The average Bonchev–Trinajstić information content (AvgIpc) is 3.26. The van der Waals surface area contributed by atoms with Crippen LogP contribution in [0.25, 0.3) is 11.4 Å². The molecule has 0 bridgehead atoms. The van der Waals surface area contributed by atoms with Crippen LogP contribution in [0.2, 0.25) is 5.02 Å². The van der Waals surface area contributed by atoms with Crippen molar-refractivity contribution in [3.63, 3.8) is 0 Å². The third kappa shape index (κ3) is 2.56. The van der Waals surface area contributed by atoms with Crippen molar-refractivity contribution in [2.24, 2.45) is 0 Å². The molecule has 0 saturated heterocycles. The number of halogens is 2. The number of nitrogens with zero attached hydrogens (tertiary/aromatic N) is 2. The predicted octanol–water partition coefficient (Wildman–Crippen LogP) is 3.87. The summed E-state index contributed by atoms with van der Waals surface area (Å²) in [6.45, 7) is 0. The molecule has 104 valence electrons. The monoisotopic (exact) mass is 401 g/mol. The summed E-state index contributed by atoms with van der Waals surface area (Å²) in [5.74, 6) is 2.31. The lowest BCUT2D eigenvalue weighted by Gasteiger charge is -2.09. The lowest BCUT2D eigenvalue weighted by molar-refractivity contribution is 0.415. The van der Waals surface area contributed by atoms with Crippen molar-refractivity contribution in [2.75, 3.05) is 12.8 Å². The molecule has 0 amide bonds. The number of hydrogen-bond acceptors (Lipinski definition) is 4. The maximum absolute atomic E-state index is 6.15. The minimum Gasteiger partial charge on any atom is -0.495 e. The Bertz CT molecular complexity index is 674. The van der Waals surface area contributed by atoms with Crippen molar-refractivity contribution < 1.29 is 4.74 Å². The Hall–Kier alpha value is -1.08. The van der Waals surface area contributed by atoms with Crippen molar-refractivity contribution in [1.82, 2.24) is 9.97 Å². The van der Waals surface area contributed by atoms with E-state index < -0.39 is 0 Å². The Kier molecular flexibility index (Phi) is 3.72. The Morgan fingerprint density at radius 3 is 2.70 bits per heavy atom. The molecule has 1 heterocycles. The number of methoxy groups -OCH3 is 1. The van der Waals surface area contributed by atoms with Gasteiger partial charge in [0.25, 0.3) is 0 Å². The van der Waals surface area contributed by atoms with Crippen molar-refractivity contribution in [3.8, 4) is 17.1 Å². The van der Waals surface area contributed by atoms with Crippen molar-refractivity contribution >= 4 is 40.0 Å². The molecule has 2 aromatic rings. The van der Waals surface area contributed by atoms with Gasteiger partial charge in [-0.15, -0.1) is 0 Å². The molecule has 2 N–H and O–H groups in total. The maximum Gasteiger partial charge on any atom is 0.161 e. The van der Waals surface area contributed by atoms with Gasteiger partial charge in [0.15, 0.2) is 5.82 Å². The standard InChI is InChI=1S/C14H13ClIN3O/c1-20-10-5-4-8(6-9(10)15)14-18-12(7-2-3-7)11(16)13(17)19-14/h4-7H,2-3H2,1H3,(H2,17,18,19). The van der Waals surface area contributed by atoms with E-state index in [1.807, 2.05) is 12.1 Å². The molecule has 0 radical (unpaired) electrons. The quantitative estimate of drug-likeness (QED) is 0.793. The molecular formula is C14H13ClIN3O. The lowest BCUT2D eigenvalue weighted by atomic mass is 10.2. The maximum atomic E-state index is 6.15. The number of benzene rings is 1. The molecule has 1 aromatic carbocycles. The highest BCUT2D eigenvalue weighted by Crippen LogP contribution is 2.42. The lowest BCUT2D eigenvalue weighted by Crippen LogP contribution is -2.04. The Labute approximate surface area is 135 Å². The van der Waals surface area contributed by atoms with Crippen LogP contribution in [0.5, 0.6) is 5.75 Å². The van der Waals surface area contributed by atoms with Gasteiger partial charge in [-0.3, -0.25) is 0 Å². The smallest absolute Gasteiger partial charge is 0.161 e. The van der Waals surface area contributed by atoms with Gasteiger partial charge in [0.2, 0.25) is 0 Å². The van der Waals surface area contributed by atoms with E-state index in [0.29, 0.717) is 28.3 Å². The first-order chi connectivity index (χ1) is 9.60. The van der Waals surface area contributed by atoms with E-state index in [-0.39, 0.29) is 0 Å². The summed E-state index contributed by atoms with van der Waals surface area (Å²) < 4.78 is 6.12. The molecule has 1 aliphatic carbocycles. The number of nitrogens with two attached hydrogens (primary N) is 1. The average molecular weight is 402 g/mol. The summed E-state index contributed by atoms with van der Waals surface area (Å²) in [5, 5.41) is 0.540. The van der Waals surface area contributed by atoms with Crippen LogP contribution in [0.3, 0.4) is 0 Å². The number of nitrogen functional groups attached to an aromatic ring is 1. The largest absolute Gasteiger partial charge is 0.495 e. The van der Waals surface area contributed by atoms with Crippen LogP contribution in [0.15, 0.2) is 18.2 Å². The van der Waals surface area contributed by atoms with Gasteiger partial charge >= 0.3 is 0 Å². The zero-order valence-corrected chi connectivity index (χ0v) is 13.8. The molecule has 3 rings (SSSR count). The van der Waals surface area contributed by atoms with E-state index in [2.05, 4.69) is 32.6 Å². The Morgan fingerprint density at radius 1 is 1.35 bits per heavy atom. The summed E-state index contributed by atoms with van der Waals surface area (Å²) in [7, 11) is 1.59. The first kappa shape index (κ1) is 13.9. The second-order valence-corrected chi connectivity index (χ2v) is 6.24. The fraction of sp³-hybridized carbons (Fsp3) is 0.286. The van der Waals surface area contributed by atoms with Gasteiger partial charge in [0.1, 0.15) is 11.6 Å². The number of rotatable bonds is 3. The normalized spacial score (nSPS) is 14.3. The van der Waals surface area contributed by atoms with E-state index in [4.69, 9.17) is 22.1 Å². The SMILES string of the molecule is COc1ccc(-c2nc(N)c(I)c(C3CC3)n2)cc1Cl. The third-order valence-electron chi connectivity index (χ3n) is 3.28. The highest BCUT2D eigenvalue weighted by molar-refractivity contribution is 14.1. The summed E-state index contributed by atoms with van der Waals surface area (Å²) in [6.07, 6.45) is 2.35. The fourth-order valence-electron chi connectivity index (χ4n) is 2.04. The number of anilines is 1. The Balaban J connectivity index is 2.07. The molecule has 0 atom stereocenters. The molecule has 1 fully saturated rings. The zero-order chi connectivity index (χ0) is 14.3. The van der Waals surface area contributed by atoms with Crippen LogP contribution < -0.4 is 10.5 Å². The minimum absolute atomic E-state index is 0.527. The summed E-state index contributed by atoms with van der Waals surface area (Å²) in [4.78, 5) is 9.03. The van der Waals surface area contributed by atoms with Crippen LogP contribution >= 0.6 is 34.2 Å². The van der Waals surface area contributed by atoms with E-state index in [1.165, 1.54) is 12.8 Å². The van der Waals surface area contributed by atoms with Gasteiger partial charge in [0.05, 0.1) is 21.4 Å². The van der Waals surface area contributed by atoms with E-state index in [0.717, 1.165) is 14.8 Å². The molecule has 0 unspecified atom stereocenters. The second-order valence-electron chi connectivity index (χ2n) is 4.76. The van der Waals surface area contributed by atoms with Gasteiger partial charge in [-0.25, -0.2) is 9.97 Å². The van der Waals surface area contributed by atoms with E-state index in [9.17, 15) is 0 Å². The third-order valence-corrected chi connectivity index (χ3v) is 4.68. The highest BCUT2D eigenvalue weighted by atomic mass is 127. The van der Waals surface area contributed by atoms with E-state index >= 15 is 0 Å². The summed E-state index contributed by atoms with van der Waals surface area (Å²) >= 11 is 8.37. The van der Waals surface area contributed by atoms with Gasteiger partial charge in [-0.2, -0.15) is 0 Å².